The van der Waals surface area contributed by atoms with Crippen LogP contribution in [0.25, 0.3) is 0 Å². The molecule has 0 aliphatic rings. The van der Waals surface area contributed by atoms with Gasteiger partial charge in [-0.3, -0.25) is 9.10 Å². The Morgan fingerprint density at radius 2 is 1.61 bits per heavy atom. The number of carbonyl (C=O) groups is 1. The van der Waals surface area contributed by atoms with Gasteiger partial charge in [-0.2, -0.15) is 13.2 Å². The van der Waals surface area contributed by atoms with Gasteiger partial charge in [0.2, 0.25) is 5.91 Å². The van der Waals surface area contributed by atoms with Gasteiger partial charge in [-0.1, -0.05) is 29.3 Å². The molecule has 3 aromatic carbocycles. The molecule has 0 heterocycles. The number of halogens is 5. The first-order valence-electron chi connectivity index (χ1n) is 9.39. The minimum Gasteiger partial charge on any atom is -0.324 e. The largest absolute Gasteiger partial charge is 0.417 e. The summed E-state index contributed by atoms with van der Waals surface area (Å²) in [6, 6.07) is 13.0. The number of sulfonamides is 1. The van der Waals surface area contributed by atoms with E-state index in [0.29, 0.717) is 6.07 Å². The Morgan fingerprint density at radius 3 is 2.18 bits per heavy atom. The molecule has 0 aliphatic carbocycles. The monoisotopic (exact) mass is 500 g/mol. The number of nitrogens with zero attached hydrogens (tertiary/aromatic N) is 1. The Bertz CT molecular complexity index is 1260. The van der Waals surface area contributed by atoms with Crippen molar-refractivity contribution in [1.29, 1.82) is 0 Å². The van der Waals surface area contributed by atoms with Crippen LogP contribution in [0.1, 0.15) is 11.1 Å². The number of hydrogen-bond donors (Lipinski definition) is 1. The molecule has 1 amide bonds. The Kier molecular flexibility index (Phi) is 6.99. The lowest BCUT2D eigenvalue weighted by atomic mass is 10.2. The summed E-state index contributed by atoms with van der Waals surface area (Å²) in [5.74, 6) is -1.53. The second-order valence-corrected chi connectivity index (χ2v) is 9.31. The molecule has 0 aliphatic heterocycles. The summed E-state index contributed by atoms with van der Waals surface area (Å²) in [6.45, 7) is 0.995. The highest BCUT2D eigenvalue weighted by atomic mass is 35.5. The van der Waals surface area contributed by atoms with Crippen molar-refractivity contribution >= 4 is 38.9 Å². The molecule has 0 bridgehead atoms. The molecule has 3 rings (SSSR count). The first-order chi connectivity index (χ1) is 15.4. The molecule has 3 aromatic rings. The smallest absolute Gasteiger partial charge is 0.324 e. The number of benzene rings is 3. The number of rotatable bonds is 6. The molecule has 0 saturated heterocycles. The molecule has 33 heavy (non-hydrogen) atoms. The maximum absolute atomic E-state index is 13.4. The van der Waals surface area contributed by atoms with E-state index in [0.717, 1.165) is 34.1 Å². The number of aryl methyl sites for hydroxylation is 1. The maximum Gasteiger partial charge on any atom is 0.417 e. The average Bonchev–Trinajstić information content (AvgIpc) is 2.73. The summed E-state index contributed by atoms with van der Waals surface area (Å²) in [7, 11) is -4.26. The fraction of sp³-hybridized carbons (Fsp3) is 0.136. The van der Waals surface area contributed by atoms with Crippen molar-refractivity contribution in [2.24, 2.45) is 0 Å². The molecule has 0 spiro atoms. The van der Waals surface area contributed by atoms with Gasteiger partial charge in [0.05, 0.1) is 21.2 Å². The van der Waals surface area contributed by atoms with Gasteiger partial charge in [-0.05, 0) is 61.5 Å². The number of nitrogens with one attached hydrogen (secondary N) is 1. The van der Waals surface area contributed by atoms with Crippen LogP contribution >= 0.6 is 11.6 Å². The molecule has 0 unspecified atom stereocenters. The maximum atomic E-state index is 13.4. The predicted octanol–water partition coefficient (Wildman–Crippen LogP) is 5.64. The van der Waals surface area contributed by atoms with Gasteiger partial charge in [0, 0.05) is 5.69 Å². The molecule has 0 atom stereocenters. The lowest BCUT2D eigenvalue weighted by Gasteiger charge is -2.24. The molecule has 174 valence electrons. The Hall–Kier alpha value is -3.11. The Labute approximate surface area is 192 Å². The first-order valence-corrected chi connectivity index (χ1v) is 11.2. The highest BCUT2D eigenvalue weighted by Crippen LogP contribution is 2.36. The third kappa shape index (κ3) is 5.82. The van der Waals surface area contributed by atoms with E-state index in [4.69, 9.17) is 11.6 Å². The van der Waals surface area contributed by atoms with E-state index in [2.05, 4.69) is 5.32 Å². The van der Waals surface area contributed by atoms with E-state index in [9.17, 15) is 30.8 Å². The molecule has 0 radical (unpaired) electrons. The van der Waals surface area contributed by atoms with Crippen molar-refractivity contribution < 1.29 is 30.8 Å². The van der Waals surface area contributed by atoms with Gasteiger partial charge < -0.3 is 5.32 Å². The summed E-state index contributed by atoms with van der Waals surface area (Å²) in [5, 5.41) is 1.70. The van der Waals surface area contributed by atoms with Crippen LogP contribution in [-0.4, -0.2) is 20.9 Å². The summed E-state index contributed by atoms with van der Waals surface area (Å²) in [5.41, 5.74) is -0.560. The zero-order valence-corrected chi connectivity index (χ0v) is 18.6. The van der Waals surface area contributed by atoms with Gasteiger partial charge in [0.1, 0.15) is 12.4 Å². The van der Waals surface area contributed by atoms with Crippen molar-refractivity contribution in [2.45, 2.75) is 18.0 Å². The van der Waals surface area contributed by atoms with Crippen LogP contribution in [0, 0.1) is 12.7 Å². The molecule has 11 heteroatoms. The van der Waals surface area contributed by atoms with Crippen molar-refractivity contribution in [1.82, 2.24) is 0 Å². The standard InChI is InChI=1S/C22H17ClF4N2O3S/c1-14-2-9-18(10-3-14)33(31,32)29(17-7-4-15(24)5-8-17)13-21(30)28-16-6-11-20(23)19(12-16)22(25,26)27/h2-12H,13H2,1H3,(H,28,30). The molecule has 0 fully saturated rings. The minimum atomic E-state index is -4.74. The van der Waals surface area contributed by atoms with Crippen LogP contribution in [0.15, 0.2) is 71.6 Å². The number of amides is 1. The van der Waals surface area contributed by atoms with E-state index < -0.39 is 45.1 Å². The van der Waals surface area contributed by atoms with Gasteiger partial charge in [-0.25, -0.2) is 12.8 Å². The normalized spacial score (nSPS) is 11.8. The van der Waals surface area contributed by atoms with Gasteiger partial charge in [0.25, 0.3) is 10.0 Å². The molecular weight excluding hydrogens is 484 g/mol. The predicted molar refractivity (Wildman–Crippen MR) is 117 cm³/mol. The zero-order chi connectivity index (χ0) is 24.4. The molecule has 5 nitrogen and oxygen atoms in total. The van der Waals surface area contributed by atoms with Crippen LogP contribution in [-0.2, 0) is 21.0 Å². The highest BCUT2D eigenvalue weighted by molar-refractivity contribution is 7.92. The lowest BCUT2D eigenvalue weighted by Crippen LogP contribution is -2.38. The van der Waals surface area contributed by atoms with E-state index in [1.807, 2.05) is 0 Å². The third-order valence-electron chi connectivity index (χ3n) is 4.57. The van der Waals surface area contributed by atoms with Crippen molar-refractivity contribution in [3.63, 3.8) is 0 Å². The van der Waals surface area contributed by atoms with Gasteiger partial charge >= 0.3 is 6.18 Å². The quantitative estimate of drug-likeness (QED) is 0.445. The van der Waals surface area contributed by atoms with Crippen LogP contribution in [0.5, 0.6) is 0 Å². The summed E-state index contributed by atoms with van der Waals surface area (Å²) >= 11 is 5.58. The van der Waals surface area contributed by atoms with Gasteiger partial charge in [-0.15, -0.1) is 0 Å². The molecule has 0 saturated carbocycles. The second-order valence-electron chi connectivity index (χ2n) is 7.04. The third-order valence-corrected chi connectivity index (χ3v) is 6.68. The van der Waals surface area contributed by atoms with Crippen LogP contribution in [0.2, 0.25) is 5.02 Å². The van der Waals surface area contributed by atoms with E-state index >= 15 is 0 Å². The fourth-order valence-electron chi connectivity index (χ4n) is 2.91. The first kappa shape index (κ1) is 24.5. The SMILES string of the molecule is Cc1ccc(S(=O)(=O)N(CC(=O)Nc2ccc(Cl)c(C(F)(F)F)c2)c2ccc(F)cc2)cc1. The summed E-state index contributed by atoms with van der Waals surface area (Å²) < 4.78 is 79.9. The molecule has 0 aromatic heterocycles. The van der Waals surface area contributed by atoms with Crippen LogP contribution in [0.3, 0.4) is 0 Å². The number of carbonyl (C=O) groups excluding carboxylic acids is 1. The zero-order valence-electron chi connectivity index (χ0n) is 17.0. The Balaban J connectivity index is 1.93. The lowest BCUT2D eigenvalue weighted by molar-refractivity contribution is -0.137. The summed E-state index contributed by atoms with van der Waals surface area (Å²) in [6.07, 6.45) is -4.74. The van der Waals surface area contributed by atoms with Crippen molar-refractivity contribution in [3.8, 4) is 0 Å². The molecular formula is C22H17ClF4N2O3S. The van der Waals surface area contributed by atoms with E-state index in [1.165, 1.54) is 24.3 Å². The summed E-state index contributed by atoms with van der Waals surface area (Å²) in [4.78, 5) is 12.5. The highest BCUT2D eigenvalue weighted by Gasteiger charge is 2.34. The van der Waals surface area contributed by atoms with Crippen LogP contribution in [0.4, 0.5) is 28.9 Å². The fourth-order valence-corrected chi connectivity index (χ4v) is 4.56. The number of anilines is 2. The second kappa shape index (κ2) is 9.40. The number of hydrogen-bond acceptors (Lipinski definition) is 3. The number of alkyl halides is 3. The average molecular weight is 501 g/mol. The van der Waals surface area contributed by atoms with Crippen molar-refractivity contribution in [2.75, 3.05) is 16.2 Å². The van der Waals surface area contributed by atoms with Crippen LogP contribution < -0.4 is 9.62 Å². The van der Waals surface area contributed by atoms with E-state index in [1.54, 1.807) is 19.1 Å². The van der Waals surface area contributed by atoms with E-state index in [-0.39, 0.29) is 16.3 Å². The molecule has 1 N–H and O–H groups in total. The van der Waals surface area contributed by atoms with Gasteiger partial charge in [0.15, 0.2) is 0 Å². The minimum absolute atomic E-state index is 0.000730. The van der Waals surface area contributed by atoms with Crippen molar-refractivity contribution in [3.05, 3.63) is 88.7 Å². The topological polar surface area (TPSA) is 66.5 Å². The Morgan fingerprint density at radius 1 is 1.00 bits per heavy atom.